The van der Waals surface area contributed by atoms with Gasteiger partial charge in [0.05, 0.1) is 15.7 Å². The number of rotatable bonds is 3. The highest BCUT2D eigenvalue weighted by Crippen LogP contribution is 2.33. The van der Waals surface area contributed by atoms with Crippen molar-refractivity contribution >= 4 is 57.3 Å². The monoisotopic (exact) mass is 298 g/mol. The lowest BCUT2D eigenvalue weighted by atomic mass is 10.2. The Morgan fingerprint density at radius 3 is 2.12 bits per heavy atom. The molecular formula is C10H10Cl4N2. The predicted octanol–water partition coefficient (Wildman–Crippen LogP) is 5.27. The summed E-state index contributed by atoms with van der Waals surface area (Å²) >= 11 is 23.6. The molecule has 0 saturated carbocycles. The second-order valence-electron chi connectivity index (χ2n) is 3.45. The van der Waals surface area contributed by atoms with E-state index < -0.39 is 0 Å². The van der Waals surface area contributed by atoms with Gasteiger partial charge in [0.1, 0.15) is 5.17 Å². The highest BCUT2D eigenvalue weighted by atomic mass is 35.5. The summed E-state index contributed by atoms with van der Waals surface area (Å²) in [5.41, 5.74) is 3.22. The van der Waals surface area contributed by atoms with Crippen molar-refractivity contribution in [3.63, 3.8) is 0 Å². The van der Waals surface area contributed by atoms with Gasteiger partial charge in [0.25, 0.3) is 0 Å². The molecule has 1 N–H and O–H groups in total. The summed E-state index contributed by atoms with van der Waals surface area (Å²) in [6.07, 6.45) is 0. The standard InChI is InChI=1S/C10H10Cl4N2/c1-5(2)10(14)16-15-9-7(12)3-6(11)4-8(9)13/h3-5,15H,1-2H3. The summed E-state index contributed by atoms with van der Waals surface area (Å²) in [5.74, 6) is 0.138. The molecular weight excluding hydrogens is 290 g/mol. The van der Waals surface area contributed by atoms with Crippen LogP contribution in [0, 0.1) is 5.92 Å². The van der Waals surface area contributed by atoms with E-state index in [1.165, 1.54) is 0 Å². The Kier molecular flexibility index (Phi) is 5.19. The van der Waals surface area contributed by atoms with E-state index in [1.54, 1.807) is 12.1 Å². The molecule has 1 aromatic carbocycles. The minimum atomic E-state index is 0.138. The average Bonchev–Trinajstić information content (AvgIpc) is 2.15. The Labute approximate surface area is 115 Å². The van der Waals surface area contributed by atoms with Gasteiger partial charge >= 0.3 is 0 Å². The molecule has 0 radical (unpaired) electrons. The Bertz CT molecular complexity index is 392. The van der Waals surface area contributed by atoms with Gasteiger partial charge in [-0.2, -0.15) is 5.10 Å². The number of halogens is 4. The molecule has 0 spiro atoms. The summed E-state index contributed by atoms with van der Waals surface area (Å²) < 4.78 is 0. The van der Waals surface area contributed by atoms with Crippen LogP contribution in [0.5, 0.6) is 0 Å². The zero-order valence-electron chi connectivity index (χ0n) is 8.69. The lowest BCUT2D eigenvalue weighted by molar-refractivity contribution is 0.895. The van der Waals surface area contributed by atoms with Crippen molar-refractivity contribution in [1.29, 1.82) is 0 Å². The molecule has 0 saturated heterocycles. The number of nitrogens with one attached hydrogen (secondary N) is 1. The van der Waals surface area contributed by atoms with Gasteiger partial charge in [0, 0.05) is 10.9 Å². The third-order valence-corrected chi connectivity index (χ3v) is 3.09. The largest absolute Gasteiger partial charge is 0.274 e. The molecule has 16 heavy (non-hydrogen) atoms. The molecule has 0 aliphatic rings. The van der Waals surface area contributed by atoms with E-state index in [1.807, 2.05) is 13.8 Å². The zero-order chi connectivity index (χ0) is 12.3. The SMILES string of the molecule is CC(C)C(Cl)=NNc1c(Cl)cc(Cl)cc1Cl. The summed E-state index contributed by atoms with van der Waals surface area (Å²) in [6, 6.07) is 3.16. The van der Waals surface area contributed by atoms with E-state index in [9.17, 15) is 0 Å². The highest BCUT2D eigenvalue weighted by molar-refractivity contribution is 6.65. The van der Waals surface area contributed by atoms with E-state index in [0.29, 0.717) is 25.9 Å². The second-order valence-corrected chi connectivity index (χ2v) is 5.08. The topological polar surface area (TPSA) is 24.4 Å². The first-order valence-corrected chi connectivity index (χ1v) is 6.06. The van der Waals surface area contributed by atoms with Gasteiger partial charge in [-0.05, 0) is 12.1 Å². The zero-order valence-corrected chi connectivity index (χ0v) is 11.7. The molecule has 1 rings (SSSR count). The first-order chi connectivity index (χ1) is 7.41. The minimum Gasteiger partial charge on any atom is -0.274 e. The molecule has 0 unspecified atom stereocenters. The van der Waals surface area contributed by atoms with E-state index in [0.717, 1.165) is 0 Å². The van der Waals surface area contributed by atoms with Crippen LogP contribution in [0.15, 0.2) is 17.2 Å². The van der Waals surface area contributed by atoms with Crippen molar-refractivity contribution in [2.24, 2.45) is 11.0 Å². The molecule has 0 aliphatic carbocycles. The van der Waals surface area contributed by atoms with Crippen molar-refractivity contribution in [2.75, 3.05) is 5.43 Å². The Morgan fingerprint density at radius 1 is 1.19 bits per heavy atom. The lowest BCUT2D eigenvalue weighted by Gasteiger charge is -2.08. The van der Waals surface area contributed by atoms with E-state index >= 15 is 0 Å². The maximum atomic E-state index is 5.95. The average molecular weight is 300 g/mol. The number of hydrogen-bond acceptors (Lipinski definition) is 2. The van der Waals surface area contributed by atoms with Gasteiger partial charge < -0.3 is 0 Å². The number of nitrogens with zero attached hydrogens (tertiary/aromatic N) is 1. The van der Waals surface area contributed by atoms with Crippen LogP contribution in [0.3, 0.4) is 0 Å². The first-order valence-electron chi connectivity index (χ1n) is 4.55. The van der Waals surface area contributed by atoms with Crippen LogP contribution >= 0.6 is 46.4 Å². The van der Waals surface area contributed by atoms with Gasteiger partial charge in [0.2, 0.25) is 0 Å². The van der Waals surface area contributed by atoms with Crippen molar-refractivity contribution in [3.8, 4) is 0 Å². The molecule has 0 atom stereocenters. The third kappa shape index (κ3) is 3.70. The van der Waals surface area contributed by atoms with Crippen molar-refractivity contribution in [3.05, 3.63) is 27.2 Å². The second kappa shape index (κ2) is 5.97. The Balaban J connectivity index is 2.94. The van der Waals surface area contributed by atoms with Crippen LogP contribution in [-0.4, -0.2) is 5.17 Å². The van der Waals surface area contributed by atoms with Gasteiger partial charge in [-0.15, -0.1) is 0 Å². The highest BCUT2D eigenvalue weighted by Gasteiger charge is 2.08. The van der Waals surface area contributed by atoms with Crippen molar-refractivity contribution in [2.45, 2.75) is 13.8 Å². The molecule has 1 aromatic rings. The lowest BCUT2D eigenvalue weighted by Crippen LogP contribution is -2.02. The molecule has 0 aliphatic heterocycles. The van der Waals surface area contributed by atoms with Crippen LogP contribution in [-0.2, 0) is 0 Å². The minimum absolute atomic E-state index is 0.138. The fourth-order valence-corrected chi connectivity index (χ4v) is 1.83. The summed E-state index contributed by atoms with van der Waals surface area (Å²) in [7, 11) is 0. The maximum Gasteiger partial charge on any atom is 0.129 e. The normalized spacial score (nSPS) is 12.1. The number of benzene rings is 1. The van der Waals surface area contributed by atoms with Crippen LogP contribution in [0.25, 0.3) is 0 Å². The van der Waals surface area contributed by atoms with Crippen LogP contribution in [0.1, 0.15) is 13.8 Å². The summed E-state index contributed by atoms with van der Waals surface area (Å²) in [5, 5.41) is 5.68. The maximum absolute atomic E-state index is 5.95. The van der Waals surface area contributed by atoms with E-state index in [2.05, 4.69) is 10.5 Å². The Hall–Kier alpha value is -0.150. The number of hydrogen-bond donors (Lipinski definition) is 1. The molecule has 0 aromatic heterocycles. The van der Waals surface area contributed by atoms with Crippen molar-refractivity contribution < 1.29 is 0 Å². The molecule has 0 fully saturated rings. The molecule has 88 valence electrons. The van der Waals surface area contributed by atoms with Gasteiger partial charge in [-0.3, -0.25) is 5.43 Å². The van der Waals surface area contributed by atoms with Crippen LogP contribution in [0.2, 0.25) is 15.1 Å². The smallest absolute Gasteiger partial charge is 0.129 e. The summed E-state index contributed by atoms with van der Waals surface area (Å²) in [4.78, 5) is 0. The molecule has 0 bridgehead atoms. The predicted molar refractivity (Wildman–Crippen MR) is 73.2 cm³/mol. The van der Waals surface area contributed by atoms with E-state index in [4.69, 9.17) is 46.4 Å². The molecule has 0 heterocycles. The summed E-state index contributed by atoms with van der Waals surface area (Å²) in [6.45, 7) is 3.86. The van der Waals surface area contributed by atoms with Crippen LogP contribution in [0.4, 0.5) is 5.69 Å². The molecule has 2 nitrogen and oxygen atoms in total. The quantitative estimate of drug-likeness (QED) is 0.597. The third-order valence-electron chi connectivity index (χ3n) is 1.76. The van der Waals surface area contributed by atoms with Gasteiger partial charge in [-0.25, -0.2) is 0 Å². The van der Waals surface area contributed by atoms with E-state index in [-0.39, 0.29) is 5.92 Å². The molecule has 0 amide bonds. The Morgan fingerprint density at radius 2 is 1.69 bits per heavy atom. The van der Waals surface area contributed by atoms with Gasteiger partial charge in [0.15, 0.2) is 0 Å². The molecule has 6 heteroatoms. The fourth-order valence-electron chi connectivity index (χ4n) is 0.887. The number of anilines is 1. The van der Waals surface area contributed by atoms with Crippen LogP contribution < -0.4 is 5.43 Å². The van der Waals surface area contributed by atoms with Gasteiger partial charge in [-0.1, -0.05) is 60.3 Å². The first kappa shape index (κ1) is 13.9. The van der Waals surface area contributed by atoms with Crippen molar-refractivity contribution in [1.82, 2.24) is 0 Å². The number of hydrazone groups is 1. The fraction of sp³-hybridized carbons (Fsp3) is 0.300.